The first-order valence-electron chi connectivity index (χ1n) is 9.90. The monoisotopic (exact) mass is 465 g/mol. The number of anilines is 1. The third-order valence-electron chi connectivity index (χ3n) is 5.04. The van der Waals surface area contributed by atoms with Crippen molar-refractivity contribution in [1.82, 2.24) is 9.55 Å². The number of nitrogens with zero attached hydrogens (tertiary/aromatic N) is 2. The SMILES string of the molecule is Cc1ccc(C)c(-n2c(SCC(=O)Nc3ccc4c(c3)OCO4)nc3ccsc3c2=O)c1. The van der Waals surface area contributed by atoms with E-state index in [2.05, 4.69) is 10.3 Å². The summed E-state index contributed by atoms with van der Waals surface area (Å²) in [5.41, 5.74) is 3.91. The highest BCUT2D eigenvalue weighted by Crippen LogP contribution is 2.34. The Morgan fingerprint density at radius 1 is 1.16 bits per heavy atom. The third-order valence-corrected chi connectivity index (χ3v) is 6.87. The number of hydrogen-bond acceptors (Lipinski definition) is 7. The number of carbonyl (C=O) groups is 1. The molecule has 5 rings (SSSR count). The fourth-order valence-electron chi connectivity index (χ4n) is 3.46. The predicted molar refractivity (Wildman–Crippen MR) is 127 cm³/mol. The summed E-state index contributed by atoms with van der Waals surface area (Å²) in [7, 11) is 0. The van der Waals surface area contributed by atoms with Crippen LogP contribution in [0.15, 0.2) is 57.8 Å². The van der Waals surface area contributed by atoms with Crippen molar-refractivity contribution in [2.45, 2.75) is 19.0 Å². The number of nitrogens with one attached hydrogen (secondary N) is 1. The Balaban J connectivity index is 1.44. The molecule has 0 unspecified atom stereocenters. The lowest BCUT2D eigenvalue weighted by Gasteiger charge is -2.15. The minimum atomic E-state index is -0.207. The van der Waals surface area contributed by atoms with Crippen LogP contribution >= 0.6 is 23.1 Å². The second-order valence-electron chi connectivity index (χ2n) is 7.36. The Morgan fingerprint density at radius 3 is 2.88 bits per heavy atom. The minimum absolute atomic E-state index is 0.0986. The molecule has 1 N–H and O–H groups in total. The lowest BCUT2D eigenvalue weighted by Crippen LogP contribution is -2.23. The van der Waals surface area contributed by atoms with Crippen LogP contribution in [0.3, 0.4) is 0 Å². The molecule has 2 aromatic heterocycles. The van der Waals surface area contributed by atoms with Crippen molar-refractivity contribution in [3.63, 3.8) is 0 Å². The third kappa shape index (κ3) is 3.85. The molecule has 0 radical (unpaired) electrons. The van der Waals surface area contributed by atoms with Gasteiger partial charge in [0.15, 0.2) is 16.7 Å². The van der Waals surface area contributed by atoms with E-state index in [0.717, 1.165) is 16.8 Å². The number of thiophene rings is 1. The van der Waals surface area contributed by atoms with Gasteiger partial charge in [0.05, 0.1) is 17.0 Å². The maximum atomic E-state index is 13.3. The van der Waals surface area contributed by atoms with Crippen molar-refractivity contribution in [3.05, 3.63) is 69.3 Å². The van der Waals surface area contributed by atoms with Gasteiger partial charge in [0, 0.05) is 11.8 Å². The van der Waals surface area contributed by atoms with E-state index in [0.29, 0.717) is 32.6 Å². The quantitative estimate of drug-likeness (QED) is 0.345. The van der Waals surface area contributed by atoms with Crippen LogP contribution in [-0.2, 0) is 4.79 Å². The number of rotatable bonds is 5. The fraction of sp³-hybridized carbons (Fsp3) is 0.174. The first kappa shape index (κ1) is 20.6. The van der Waals surface area contributed by atoms with Gasteiger partial charge < -0.3 is 14.8 Å². The van der Waals surface area contributed by atoms with Gasteiger partial charge in [-0.2, -0.15) is 0 Å². The Hall–Kier alpha value is -3.30. The molecule has 0 fully saturated rings. The van der Waals surface area contributed by atoms with E-state index in [9.17, 15) is 9.59 Å². The van der Waals surface area contributed by atoms with Crippen molar-refractivity contribution in [2.24, 2.45) is 0 Å². The van der Waals surface area contributed by atoms with Gasteiger partial charge >= 0.3 is 0 Å². The Labute approximate surface area is 192 Å². The molecule has 1 aliphatic heterocycles. The van der Waals surface area contributed by atoms with Crippen LogP contribution in [0, 0.1) is 13.8 Å². The summed E-state index contributed by atoms with van der Waals surface area (Å²) in [6.07, 6.45) is 0. The van der Waals surface area contributed by atoms with E-state index in [4.69, 9.17) is 9.47 Å². The zero-order valence-corrected chi connectivity index (χ0v) is 19.0. The van der Waals surface area contributed by atoms with E-state index in [-0.39, 0.29) is 24.0 Å². The topological polar surface area (TPSA) is 82.5 Å². The van der Waals surface area contributed by atoms with Crippen molar-refractivity contribution in [3.8, 4) is 17.2 Å². The molecule has 1 aliphatic rings. The lowest BCUT2D eigenvalue weighted by atomic mass is 10.1. The average Bonchev–Trinajstić information content (AvgIpc) is 3.43. The number of hydrogen-bond donors (Lipinski definition) is 1. The molecule has 0 spiro atoms. The summed E-state index contributed by atoms with van der Waals surface area (Å²) in [4.78, 5) is 30.6. The highest BCUT2D eigenvalue weighted by molar-refractivity contribution is 7.99. The van der Waals surface area contributed by atoms with Crippen LogP contribution in [0.25, 0.3) is 15.9 Å². The molecule has 0 saturated heterocycles. The van der Waals surface area contributed by atoms with Gasteiger partial charge in [0.2, 0.25) is 12.7 Å². The van der Waals surface area contributed by atoms with Crippen LogP contribution in [0.4, 0.5) is 5.69 Å². The number of aromatic nitrogens is 2. The van der Waals surface area contributed by atoms with E-state index in [1.54, 1.807) is 22.8 Å². The van der Waals surface area contributed by atoms with Gasteiger partial charge in [-0.1, -0.05) is 23.9 Å². The van der Waals surface area contributed by atoms with Gasteiger partial charge in [-0.25, -0.2) is 4.98 Å². The molecule has 0 aliphatic carbocycles. The molecule has 9 heteroatoms. The molecule has 1 amide bonds. The van der Waals surface area contributed by atoms with Crippen molar-refractivity contribution >= 4 is 44.9 Å². The van der Waals surface area contributed by atoms with Crippen LogP contribution < -0.4 is 20.3 Å². The van der Waals surface area contributed by atoms with E-state index < -0.39 is 0 Å². The zero-order valence-electron chi connectivity index (χ0n) is 17.4. The summed E-state index contributed by atoms with van der Waals surface area (Å²) in [5.74, 6) is 1.15. The van der Waals surface area contributed by atoms with E-state index in [1.807, 2.05) is 43.5 Å². The Bertz CT molecular complexity index is 1410. The maximum Gasteiger partial charge on any atom is 0.276 e. The summed E-state index contributed by atoms with van der Waals surface area (Å²) in [6, 6.07) is 13.0. The van der Waals surface area contributed by atoms with Gasteiger partial charge in [0.1, 0.15) is 4.70 Å². The maximum absolute atomic E-state index is 13.3. The molecule has 32 heavy (non-hydrogen) atoms. The molecular weight excluding hydrogens is 446 g/mol. The normalized spacial score (nSPS) is 12.3. The van der Waals surface area contributed by atoms with Gasteiger partial charge in [0.25, 0.3) is 5.56 Å². The largest absolute Gasteiger partial charge is 0.454 e. The number of benzene rings is 2. The Kier molecular flexibility index (Phi) is 5.36. The lowest BCUT2D eigenvalue weighted by molar-refractivity contribution is -0.113. The molecule has 4 aromatic rings. The van der Waals surface area contributed by atoms with Crippen molar-refractivity contribution in [1.29, 1.82) is 0 Å². The number of ether oxygens (including phenoxy) is 2. The number of aryl methyl sites for hydroxylation is 2. The smallest absolute Gasteiger partial charge is 0.276 e. The second kappa shape index (κ2) is 8.33. The predicted octanol–water partition coefficient (Wildman–Crippen LogP) is 4.52. The molecule has 7 nitrogen and oxygen atoms in total. The van der Waals surface area contributed by atoms with Crippen LogP contribution in [0.1, 0.15) is 11.1 Å². The van der Waals surface area contributed by atoms with E-state index >= 15 is 0 Å². The molecule has 0 atom stereocenters. The summed E-state index contributed by atoms with van der Waals surface area (Å²) in [5, 5.41) is 5.20. The zero-order chi connectivity index (χ0) is 22.2. The number of thioether (sulfide) groups is 1. The molecule has 0 bridgehead atoms. The highest BCUT2D eigenvalue weighted by atomic mass is 32.2. The van der Waals surface area contributed by atoms with Gasteiger partial charge in [-0.15, -0.1) is 11.3 Å². The van der Waals surface area contributed by atoms with Crippen LogP contribution in [0.5, 0.6) is 11.5 Å². The van der Waals surface area contributed by atoms with Crippen molar-refractivity contribution in [2.75, 3.05) is 17.9 Å². The second-order valence-corrected chi connectivity index (χ2v) is 9.22. The van der Waals surface area contributed by atoms with E-state index in [1.165, 1.54) is 23.1 Å². The number of fused-ring (bicyclic) bond motifs is 2. The summed E-state index contributed by atoms with van der Waals surface area (Å²) < 4.78 is 12.9. The minimum Gasteiger partial charge on any atom is -0.454 e. The van der Waals surface area contributed by atoms with Crippen molar-refractivity contribution < 1.29 is 14.3 Å². The fourth-order valence-corrected chi connectivity index (χ4v) is 5.03. The van der Waals surface area contributed by atoms with Crippen LogP contribution in [0.2, 0.25) is 0 Å². The summed E-state index contributed by atoms with van der Waals surface area (Å²) >= 11 is 2.60. The average molecular weight is 466 g/mol. The molecular formula is C23H19N3O4S2. The van der Waals surface area contributed by atoms with Gasteiger partial charge in [-0.3, -0.25) is 14.2 Å². The summed E-state index contributed by atoms with van der Waals surface area (Å²) in [6.45, 7) is 4.12. The molecule has 2 aromatic carbocycles. The standard InChI is InChI=1S/C23H19N3O4S2/c1-13-3-4-14(2)17(9-13)26-22(28)21-16(7-8-31-21)25-23(26)32-11-20(27)24-15-5-6-18-19(10-15)30-12-29-18/h3-10H,11-12H2,1-2H3,(H,24,27). The van der Waals surface area contributed by atoms with Gasteiger partial charge in [-0.05, 0) is 54.6 Å². The highest BCUT2D eigenvalue weighted by Gasteiger charge is 2.18. The number of carbonyl (C=O) groups excluding carboxylic acids is 1. The first-order valence-corrected chi connectivity index (χ1v) is 11.8. The number of amides is 1. The molecule has 0 saturated carbocycles. The molecule has 162 valence electrons. The van der Waals surface area contributed by atoms with Crippen LogP contribution in [-0.4, -0.2) is 28.0 Å². The Morgan fingerprint density at radius 2 is 2.00 bits per heavy atom. The molecule has 3 heterocycles. The first-order chi connectivity index (χ1) is 15.5.